The number of benzene rings is 1. The Labute approximate surface area is 159 Å². The van der Waals surface area contributed by atoms with Crippen molar-refractivity contribution in [3.63, 3.8) is 0 Å². The Morgan fingerprint density at radius 1 is 1.25 bits per heavy atom. The Morgan fingerprint density at radius 3 is 2.58 bits per heavy atom. The van der Waals surface area contributed by atoms with Crippen LogP contribution in [0.2, 0.25) is 0 Å². The maximum Gasteiger partial charge on any atom is 0.191 e. The maximum atomic E-state index is 12.8. The molecule has 0 aromatic heterocycles. The number of guanidine groups is 1. The summed E-state index contributed by atoms with van der Waals surface area (Å²) in [5.74, 6) is 0.806. The van der Waals surface area contributed by atoms with Gasteiger partial charge in [-0.25, -0.2) is 4.39 Å². The SMILES string of the molecule is CCNC(=NCC(O)COc1ccc(F)cc1)NCCOCC.I. The predicted octanol–water partition coefficient (Wildman–Crippen LogP) is 1.77. The van der Waals surface area contributed by atoms with Crippen molar-refractivity contribution in [2.75, 3.05) is 39.5 Å². The fourth-order valence-electron chi connectivity index (χ4n) is 1.70. The molecule has 1 aromatic rings. The van der Waals surface area contributed by atoms with E-state index in [1.54, 1.807) is 0 Å². The predicted molar refractivity (Wildman–Crippen MR) is 104 cm³/mol. The number of ether oxygens (including phenoxy) is 2. The highest BCUT2D eigenvalue weighted by Gasteiger charge is 2.06. The molecule has 138 valence electrons. The Kier molecular flexibility index (Phi) is 13.6. The second kappa shape index (κ2) is 14.2. The summed E-state index contributed by atoms with van der Waals surface area (Å²) in [5, 5.41) is 16.1. The number of aliphatic hydroxyl groups excluding tert-OH is 1. The van der Waals surface area contributed by atoms with Crippen molar-refractivity contribution >= 4 is 29.9 Å². The van der Waals surface area contributed by atoms with Crippen LogP contribution in [0.15, 0.2) is 29.3 Å². The maximum absolute atomic E-state index is 12.8. The normalized spacial score (nSPS) is 12.2. The van der Waals surface area contributed by atoms with Crippen LogP contribution in [0.4, 0.5) is 4.39 Å². The molecule has 0 aliphatic carbocycles. The summed E-state index contributed by atoms with van der Waals surface area (Å²) in [5.41, 5.74) is 0. The first kappa shape index (κ1) is 22.9. The Bertz CT molecular complexity index is 460. The Hall–Kier alpha value is -1.13. The molecule has 0 aliphatic rings. The van der Waals surface area contributed by atoms with Crippen molar-refractivity contribution in [1.29, 1.82) is 0 Å². The van der Waals surface area contributed by atoms with E-state index < -0.39 is 6.10 Å². The first-order valence-electron chi connectivity index (χ1n) is 7.82. The lowest BCUT2D eigenvalue weighted by atomic mass is 10.3. The van der Waals surface area contributed by atoms with Gasteiger partial charge in [0.1, 0.15) is 24.3 Å². The third-order valence-corrected chi connectivity index (χ3v) is 2.80. The van der Waals surface area contributed by atoms with Crippen LogP contribution >= 0.6 is 24.0 Å². The highest BCUT2D eigenvalue weighted by atomic mass is 127. The van der Waals surface area contributed by atoms with Gasteiger partial charge in [0.05, 0.1) is 13.2 Å². The van der Waals surface area contributed by atoms with Gasteiger partial charge in [0, 0.05) is 19.7 Å². The van der Waals surface area contributed by atoms with E-state index in [2.05, 4.69) is 15.6 Å². The van der Waals surface area contributed by atoms with Gasteiger partial charge in [-0.15, -0.1) is 24.0 Å². The van der Waals surface area contributed by atoms with Gasteiger partial charge in [0.15, 0.2) is 5.96 Å². The van der Waals surface area contributed by atoms with Gasteiger partial charge >= 0.3 is 0 Å². The monoisotopic (exact) mass is 455 g/mol. The van der Waals surface area contributed by atoms with Crippen LogP contribution < -0.4 is 15.4 Å². The molecule has 0 heterocycles. The second-order valence-electron chi connectivity index (χ2n) is 4.76. The molecular formula is C16H27FIN3O3. The molecule has 0 saturated heterocycles. The minimum absolute atomic E-state index is 0. The second-order valence-corrected chi connectivity index (χ2v) is 4.76. The van der Waals surface area contributed by atoms with Crippen LogP contribution in [0.25, 0.3) is 0 Å². The molecule has 0 bridgehead atoms. The molecule has 8 heteroatoms. The fourth-order valence-corrected chi connectivity index (χ4v) is 1.70. The van der Waals surface area contributed by atoms with E-state index in [0.29, 0.717) is 31.5 Å². The van der Waals surface area contributed by atoms with Gasteiger partial charge in [0.25, 0.3) is 0 Å². The van der Waals surface area contributed by atoms with E-state index in [1.807, 2.05) is 13.8 Å². The number of nitrogens with one attached hydrogen (secondary N) is 2. The molecule has 24 heavy (non-hydrogen) atoms. The molecule has 3 N–H and O–H groups in total. The first-order chi connectivity index (χ1) is 11.2. The Balaban J connectivity index is 0.00000529. The van der Waals surface area contributed by atoms with Crippen LogP contribution in [0.5, 0.6) is 5.75 Å². The van der Waals surface area contributed by atoms with Gasteiger partial charge in [-0.05, 0) is 38.1 Å². The number of hydrogen-bond acceptors (Lipinski definition) is 4. The molecule has 0 fully saturated rings. The minimum atomic E-state index is -0.748. The van der Waals surface area contributed by atoms with E-state index in [0.717, 1.165) is 6.54 Å². The topological polar surface area (TPSA) is 75.1 Å². The summed E-state index contributed by atoms with van der Waals surface area (Å²) >= 11 is 0. The highest BCUT2D eigenvalue weighted by Crippen LogP contribution is 2.11. The quantitative estimate of drug-likeness (QED) is 0.217. The summed E-state index contributed by atoms with van der Waals surface area (Å²) in [6.07, 6.45) is -0.748. The summed E-state index contributed by atoms with van der Waals surface area (Å²) in [7, 11) is 0. The number of halogens is 2. The van der Waals surface area contributed by atoms with Gasteiger partial charge in [0.2, 0.25) is 0 Å². The van der Waals surface area contributed by atoms with Crippen LogP contribution in [0, 0.1) is 5.82 Å². The summed E-state index contributed by atoms with van der Waals surface area (Å²) in [6.45, 7) is 6.83. The summed E-state index contributed by atoms with van der Waals surface area (Å²) < 4.78 is 23.4. The lowest BCUT2D eigenvalue weighted by Crippen LogP contribution is -2.39. The van der Waals surface area contributed by atoms with Crippen LogP contribution in [-0.4, -0.2) is 56.6 Å². The van der Waals surface area contributed by atoms with Crippen molar-refractivity contribution in [1.82, 2.24) is 10.6 Å². The van der Waals surface area contributed by atoms with E-state index in [-0.39, 0.29) is 42.9 Å². The van der Waals surface area contributed by atoms with Gasteiger partial charge in [-0.2, -0.15) is 0 Å². The molecule has 0 aliphatic heterocycles. The molecule has 0 radical (unpaired) electrons. The number of rotatable bonds is 10. The van der Waals surface area contributed by atoms with Crippen molar-refractivity contribution < 1.29 is 19.0 Å². The molecule has 1 aromatic carbocycles. The zero-order chi connectivity index (χ0) is 16.9. The zero-order valence-corrected chi connectivity index (χ0v) is 16.5. The molecule has 6 nitrogen and oxygen atoms in total. The molecule has 0 saturated carbocycles. The van der Waals surface area contributed by atoms with Crippen molar-refractivity contribution in [2.24, 2.45) is 4.99 Å². The summed E-state index contributed by atoms with van der Waals surface area (Å²) in [4.78, 5) is 4.29. The zero-order valence-electron chi connectivity index (χ0n) is 14.1. The molecule has 1 atom stereocenters. The number of hydrogen-bond donors (Lipinski definition) is 3. The molecule has 1 unspecified atom stereocenters. The van der Waals surface area contributed by atoms with Crippen LogP contribution in [0.3, 0.4) is 0 Å². The lowest BCUT2D eigenvalue weighted by molar-refractivity contribution is 0.114. The van der Waals surface area contributed by atoms with E-state index >= 15 is 0 Å². The van der Waals surface area contributed by atoms with Gasteiger partial charge < -0.3 is 25.2 Å². The van der Waals surface area contributed by atoms with E-state index in [4.69, 9.17) is 9.47 Å². The lowest BCUT2D eigenvalue weighted by Gasteiger charge is -2.13. The molecule has 0 amide bonds. The van der Waals surface area contributed by atoms with Crippen LogP contribution in [0.1, 0.15) is 13.8 Å². The number of aliphatic imine (C=N–C) groups is 1. The first-order valence-corrected chi connectivity index (χ1v) is 7.82. The largest absolute Gasteiger partial charge is 0.491 e. The summed E-state index contributed by atoms with van der Waals surface area (Å²) in [6, 6.07) is 5.66. The molecule has 0 spiro atoms. The average Bonchev–Trinajstić information content (AvgIpc) is 2.56. The number of nitrogens with zero attached hydrogens (tertiary/aromatic N) is 1. The fraction of sp³-hybridized carbons (Fsp3) is 0.562. The van der Waals surface area contributed by atoms with Gasteiger partial charge in [-0.3, -0.25) is 4.99 Å². The molecule has 1 rings (SSSR count). The van der Waals surface area contributed by atoms with Crippen molar-refractivity contribution in [2.45, 2.75) is 20.0 Å². The third kappa shape index (κ3) is 10.6. The minimum Gasteiger partial charge on any atom is -0.491 e. The van der Waals surface area contributed by atoms with Crippen molar-refractivity contribution in [3.05, 3.63) is 30.1 Å². The van der Waals surface area contributed by atoms with E-state index in [9.17, 15) is 9.50 Å². The third-order valence-electron chi connectivity index (χ3n) is 2.80. The highest BCUT2D eigenvalue weighted by molar-refractivity contribution is 14.0. The standard InChI is InChI=1S/C16H26FN3O3.HI/c1-3-18-16(19-9-10-22-4-2)20-11-14(21)12-23-15-7-5-13(17)6-8-15;/h5-8,14,21H,3-4,9-12H2,1-2H3,(H2,18,19,20);1H. The average molecular weight is 455 g/mol. The van der Waals surface area contributed by atoms with E-state index in [1.165, 1.54) is 24.3 Å². The van der Waals surface area contributed by atoms with Crippen molar-refractivity contribution in [3.8, 4) is 5.75 Å². The smallest absolute Gasteiger partial charge is 0.191 e. The molecular weight excluding hydrogens is 428 g/mol. The Morgan fingerprint density at radius 2 is 1.96 bits per heavy atom. The van der Waals surface area contributed by atoms with Gasteiger partial charge in [-0.1, -0.05) is 0 Å². The number of aliphatic hydroxyl groups is 1. The van der Waals surface area contributed by atoms with Crippen LogP contribution in [-0.2, 0) is 4.74 Å².